The number of carbonyl (C=O) groups excluding carboxylic acids is 1. The molecule has 1 aromatic rings. The summed E-state index contributed by atoms with van der Waals surface area (Å²) in [5.74, 6) is -0.0529. The van der Waals surface area contributed by atoms with Gasteiger partial charge in [-0.25, -0.2) is 0 Å². The van der Waals surface area contributed by atoms with E-state index in [4.69, 9.17) is 10.0 Å². The Morgan fingerprint density at radius 2 is 1.94 bits per heavy atom. The summed E-state index contributed by atoms with van der Waals surface area (Å²) in [5, 5.41) is 20.5. The van der Waals surface area contributed by atoms with Crippen molar-refractivity contribution >= 4 is 24.2 Å². The maximum absolute atomic E-state index is 11.6. The van der Waals surface area contributed by atoms with Gasteiger partial charge in [0.1, 0.15) is 0 Å². The Bertz CT molecular complexity index is 351. The minimum Gasteiger partial charge on any atom is -0.423 e. The lowest BCUT2D eigenvalue weighted by Crippen LogP contribution is -2.29. The van der Waals surface area contributed by atoms with Crippen molar-refractivity contribution in [3.05, 3.63) is 24.3 Å². The average Bonchev–Trinajstić information content (AvgIpc) is 2.28. The second kappa shape index (κ2) is 5.68. The van der Waals surface area contributed by atoms with Gasteiger partial charge in [0.15, 0.2) is 0 Å². The van der Waals surface area contributed by atoms with E-state index >= 15 is 0 Å². The Balaban J connectivity index is 2.65. The molecule has 0 saturated heterocycles. The molecular formula is C11H16BNO3. The standard InChI is InChI=1S/C11H16BNO3/c1-3-8(2)11(14)13-10-6-4-9(5-7-10)12(15)16/h4-8,15-16H,3H2,1-2H3,(H,13,14). The first kappa shape index (κ1) is 12.7. The zero-order chi connectivity index (χ0) is 12.1. The van der Waals surface area contributed by atoms with Crippen molar-refractivity contribution in [1.29, 1.82) is 0 Å². The number of benzene rings is 1. The normalized spacial score (nSPS) is 12.0. The first-order valence-electron chi connectivity index (χ1n) is 5.31. The smallest absolute Gasteiger partial charge is 0.423 e. The van der Waals surface area contributed by atoms with Crippen LogP contribution in [0.2, 0.25) is 0 Å². The molecular weight excluding hydrogens is 205 g/mol. The number of nitrogens with one attached hydrogen (secondary N) is 1. The molecule has 1 unspecified atom stereocenters. The topological polar surface area (TPSA) is 69.6 Å². The largest absolute Gasteiger partial charge is 0.488 e. The third-order valence-corrected chi connectivity index (χ3v) is 2.54. The van der Waals surface area contributed by atoms with Crippen LogP contribution in [0, 0.1) is 5.92 Å². The zero-order valence-electron chi connectivity index (χ0n) is 9.47. The summed E-state index contributed by atoms with van der Waals surface area (Å²) < 4.78 is 0. The molecule has 0 aliphatic carbocycles. The molecule has 1 amide bonds. The van der Waals surface area contributed by atoms with Gasteiger partial charge in [-0.3, -0.25) is 4.79 Å². The molecule has 86 valence electrons. The number of rotatable bonds is 4. The number of hydrogen-bond donors (Lipinski definition) is 3. The number of carbonyl (C=O) groups is 1. The minimum atomic E-state index is -1.47. The van der Waals surface area contributed by atoms with Gasteiger partial charge in [0.2, 0.25) is 5.91 Å². The van der Waals surface area contributed by atoms with Crippen LogP contribution in [0.25, 0.3) is 0 Å². The highest BCUT2D eigenvalue weighted by Crippen LogP contribution is 2.08. The lowest BCUT2D eigenvalue weighted by atomic mass is 9.80. The molecule has 0 aliphatic rings. The van der Waals surface area contributed by atoms with Crippen molar-refractivity contribution in [2.75, 3.05) is 5.32 Å². The predicted octanol–water partition coefficient (Wildman–Crippen LogP) is 0.351. The summed E-state index contributed by atoms with van der Waals surface area (Å²) >= 11 is 0. The molecule has 0 spiro atoms. The van der Waals surface area contributed by atoms with Crippen LogP contribution in [0.15, 0.2) is 24.3 Å². The maximum Gasteiger partial charge on any atom is 0.488 e. The Labute approximate surface area is 95.4 Å². The summed E-state index contributed by atoms with van der Waals surface area (Å²) in [6, 6.07) is 6.43. The van der Waals surface area contributed by atoms with Crippen LogP contribution in [0.1, 0.15) is 20.3 Å². The third kappa shape index (κ3) is 3.36. The molecule has 0 saturated carbocycles. The monoisotopic (exact) mass is 221 g/mol. The highest BCUT2D eigenvalue weighted by atomic mass is 16.4. The fourth-order valence-electron chi connectivity index (χ4n) is 1.19. The summed E-state index contributed by atoms with van der Waals surface area (Å²) in [4.78, 5) is 11.6. The lowest BCUT2D eigenvalue weighted by Gasteiger charge is -2.10. The van der Waals surface area contributed by atoms with Crippen molar-refractivity contribution in [2.45, 2.75) is 20.3 Å². The van der Waals surface area contributed by atoms with Gasteiger partial charge >= 0.3 is 7.12 Å². The van der Waals surface area contributed by atoms with E-state index in [0.29, 0.717) is 11.2 Å². The van der Waals surface area contributed by atoms with E-state index < -0.39 is 7.12 Å². The molecule has 5 heteroatoms. The van der Waals surface area contributed by atoms with Crippen LogP contribution in [-0.2, 0) is 4.79 Å². The van der Waals surface area contributed by atoms with Crippen LogP contribution < -0.4 is 10.8 Å². The molecule has 4 nitrogen and oxygen atoms in total. The van der Waals surface area contributed by atoms with E-state index in [9.17, 15) is 4.79 Å². The lowest BCUT2D eigenvalue weighted by molar-refractivity contribution is -0.119. The Morgan fingerprint density at radius 3 is 2.38 bits per heavy atom. The van der Waals surface area contributed by atoms with Gasteiger partial charge in [0.05, 0.1) is 0 Å². The van der Waals surface area contributed by atoms with Crippen molar-refractivity contribution in [3.8, 4) is 0 Å². The predicted molar refractivity (Wildman–Crippen MR) is 64.4 cm³/mol. The molecule has 0 aliphatic heterocycles. The Morgan fingerprint density at radius 1 is 1.38 bits per heavy atom. The van der Waals surface area contributed by atoms with E-state index in [-0.39, 0.29) is 11.8 Å². The van der Waals surface area contributed by atoms with Gasteiger partial charge in [-0.05, 0) is 24.0 Å². The summed E-state index contributed by atoms with van der Waals surface area (Å²) in [5.41, 5.74) is 1.07. The van der Waals surface area contributed by atoms with Gasteiger partial charge in [-0.2, -0.15) is 0 Å². The molecule has 1 atom stereocenters. The third-order valence-electron chi connectivity index (χ3n) is 2.54. The number of anilines is 1. The summed E-state index contributed by atoms with van der Waals surface area (Å²) in [6.45, 7) is 3.82. The molecule has 0 fully saturated rings. The van der Waals surface area contributed by atoms with E-state index in [1.165, 1.54) is 0 Å². The average molecular weight is 221 g/mol. The van der Waals surface area contributed by atoms with Crippen LogP contribution in [0.5, 0.6) is 0 Å². The van der Waals surface area contributed by atoms with Crippen molar-refractivity contribution in [2.24, 2.45) is 5.92 Å². The molecule has 0 radical (unpaired) electrons. The second-order valence-electron chi connectivity index (χ2n) is 3.79. The highest BCUT2D eigenvalue weighted by molar-refractivity contribution is 6.58. The van der Waals surface area contributed by atoms with Crippen LogP contribution in [-0.4, -0.2) is 23.1 Å². The molecule has 16 heavy (non-hydrogen) atoms. The van der Waals surface area contributed by atoms with Crippen molar-refractivity contribution < 1.29 is 14.8 Å². The molecule has 1 aromatic carbocycles. The highest BCUT2D eigenvalue weighted by Gasteiger charge is 2.12. The maximum atomic E-state index is 11.6. The van der Waals surface area contributed by atoms with E-state index in [2.05, 4.69) is 5.32 Å². The van der Waals surface area contributed by atoms with Gasteiger partial charge in [0, 0.05) is 11.6 Å². The SMILES string of the molecule is CCC(C)C(=O)Nc1ccc(B(O)O)cc1. The van der Waals surface area contributed by atoms with Crippen molar-refractivity contribution in [3.63, 3.8) is 0 Å². The quantitative estimate of drug-likeness (QED) is 0.642. The second-order valence-corrected chi connectivity index (χ2v) is 3.79. The van der Waals surface area contributed by atoms with Crippen LogP contribution >= 0.6 is 0 Å². The van der Waals surface area contributed by atoms with Crippen LogP contribution in [0.3, 0.4) is 0 Å². The number of hydrogen-bond acceptors (Lipinski definition) is 3. The first-order chi connectivity index (χ1) is 7.54. The summed E-state index contributed by atoms with van der Waals surface area (Å²) in [7, 11) is -1.47. The molecule has 0 heterocycles. The Hall–Kier alpha value is -1.33. The van der Waals surface area contributed by atoms with Gasteiger partial charge in [0.25, 0.3) is 0 Å². The van der Waals surface area contributed by atoms with E-state index in [1.54, 1.807) is 24.3 Å². The van der Waals surface area contributed by atoms with E-state index in [1.807, 2.05) is 13.8 Å². The molecule has 1 rings (SSSR count). The molecule has 0 bridgehead atoms. The first-order valence-corrected chi connectivity index (χ1v) is 5.31. The van der Waals surface area contributed by atoms with Crippen LogP contribution in [0.4, 0.5) is 5.69 Å². The number of amides is 1. The van der Waals surface area contributed by atoms with E-state index in [0.717, 1.165) is 6.42 Å². The minimum absolute atomic E-state index is 0.0249. The fraction of sp³-hybridized carbons (Fsp3) is 0.364. The van der Waals surface area contributed by atoms with Crippen molar-refractivity contribution in [1.82, 2.24) is 0 Å². The fourth-order valence-corrected chi connectivity index (χ4v) is 1.19. The van der Waals surface area contributed by atoms with Gasteiger partial charge < -0.3 is 15.4 Å². The molecule has 3 N–H and O–H groups in total. The Kier molecular flexibility index (Phi) is 4.52. The summed E-state index contributed by atoms with van der Waals surface area (Å²) in [6.07, 6.45) is 0.791. The zero-order valence-corrected chi connectivity index (χ0v) is 9.47. The van der Waals surface area contributed by atoms with Gasteiger partial charge in [-0.15, -0.1) is 0 Å². The molecule has 0 aromatic heterocycles. The van der Waals surface area contributed by atoms with Gasteiger partial charge in [-0.1, -0.05) is 26.0 Å².